The molecule has 0 saturated carbocycles. The van der Waals surface area contributed by atoms with E-state index in [2.05, 4.69) is 0 Å². The van der Waals surface area contributed by atoms with Gasteiger partial charge in [0, 0.05) is 5.56 Å². The van der Waals surface area contributed by atoms with E-state index in [-0.39, 0.29) is 0 Å². The monoisotopic (exact) mass is 272 g/mol. The molecule has 0 fully saturated rings. The zero-order valence-electron chi connectivity index (χ0n) is 11.1. The Morgan fingerprint density at radius 2 is 1.75 bits per heavy atom. The highest BCUT2D eigenvalue weighted by molar-refractivity contribution is 5.93. The summed E-state index contributed by atoms with van der Waals surface area (Å²) in [6.45, 7) is 2.52. The van der Waals surface area contributed by atoms with Gasteiger partial charge in [-0.1, -0.05) is 0 Å². The largest absolute Gasteiger partial charge is 0.494 e. The molecule has 5 heteroatoms. The fourth-order valence-corrected chi connectivity index (χ4v) is 1.67. The van der Waals surface area contributed by atoms with Crippen LogP contribution in [0.25, 0.3) is 0 Å². The summed E-state index contributed by atoms with van der Waals surface area (Å²) in [7, 11) is 0. The van der Waals surface area contributed by atoms with E-state index in [0.29, 0.717) is 29.4 Å². The van der Waals surface area contributed by atoms with Gasteiger partial charge in [-0.05, 0) is 49.4 Å². The Morgan fingerprint density at radius 3 is 2.35 bits per heavy atom. The zero-order valence-corrected chi connectivity index (χ0v) is 11.1. The maximum absolute atomic E-state index is 11.1. The van der Waals surface area contributed by atoms with Crippen LogP contribution in [0.5, 0.6) is 17.2 Å². The van der Waals surface area contributed by atoms with Gasteiger partial charge in [0.15, 0.2) is 5.75 Å². The minimum Gasteiger partial charge on any atom is -0.494 e. The fraction of sp³-hybridized carbons (Fsp3) is 0.133. The maximum atomic E-state index is 11.1. The molecule has 0 aliphatic rings. The number of nitrogens with two attached hydrogens (primary N) is 2. The van der Waals surface area contributed by atoms with Gasteiger partial charge in [-0.3, -0.25) is 4.79 Å². The zero-order chi connectivity index (χ0) is 14.5. The maximum Gasteiger partial charge on any atom is 0.248 e. The van der Waals surface area contributed by atoms with Crippen LogP contribution in [0.15, 0.2) is 42.5 Å². The molecule has 0 atom stereocenters. The number of carbonyl (C=O) groups excluding carboxylic acids is 1. The van der Waals surface area contributed by atoms with E-state index < -0.39 is 5.91 Å². The lowest BCUT2D eigenvalue weighted by atomic mass is 10.2. The van der Waals surface area contributed by atoms with Gasteiger partial charge in [-0.25, -0.2) is 0 Å². The van der Waals surface area contributed by atoms with Crippen LogP contribution in [0.2, 0.25) is 0 Å². The summed E-state index contributed by atoms with van der Waals surface area (Å²) >= 11 is 0. The first-order valence-electron chi connectivity index (χ1n) is 6.20. The van der Waals surface area contributed by atoms with E-state index in [9.17, 15) is 4.79 Å². The third kappa shape index (κ3) is 3.20. The Hall–Kier alpha value is -2.69. The van der Waals surface area contributed by atoms with Crippen LogP contribution in [0, 0.1) is 0 Å². The summed E-state index contributed by atoms with van der Waals surface area (Å²) in [5.74, 6) is 1.23. The average molecular weight is 272 g/mol. The number of carbonyl (C=O) groups is 1. The lowest BCUT2D eigenvalue weighted by Gasteiger charge is -2.10. The van der Waals surface area contributed by atoms with Gasteiger partial charge in [0.05, 0.1) is 12.3 Å². The standard InChI is InChI=1S/C15H16N2O3/c1-2-19-11-4-6-12(7-5-11)20-14-9-10(15(17)18)3-8-13(14)16/h3-9H,2,16H2,1H3,(H2,17,18). The van der Waals surface area contributed by atoms with E-state index in [1.165, 1.54) is 6.07 Å². The van der Waals surface area contributed by atoms with Crippen LogP contribution in [0.1, 0.15) is 17.3 Å². The molecule has 1 amide bonds. The van der Waals surface area contributed by atoms with Crippen LogP contribution >= 0.6 is 0 Å². The molecular formula is C15H16N2O3. The van der Waals surface area contributed by atoms with Gasteiger partial charge < -0.3 is 20.9 Å². The Morgan fingerprint density at radius 1 is 1.10 bits per heavy atom. The molecule has 104 valence electrons. The number of primary amides is 1. The van der Waals surface area contributed by atoms with Crippen LogP contribution in [0.3, 0.4) is 0 Å². The Labute approximate surface area is 117 Å². The van der Waals surface area contributed by atoms with Crippen LogP contribution in [-0.4, -0.2) is 12.5 Å². The van der Waals surface area contributed by atoms with E-state index in [4.69, 9.17) is 20.9 Å². The second kappa shape index (κ2) is 5.97. The number of anilines is 1. The molecule has 0 radical (unpaired) electrons. The highest BCUT2D eigenvalue weighted by Crippen LogP contribution is 2.29. The molecule has 0 unspecified atom stereocenters. The van der Waals surface area contributed by atoms with Crippen molar-refractivity contribution in [2.45, 2.75) is 6.92 Å². The molecule has 0 heterocycles. The molecule has 0 aliphatic carbocycles. The molecule has 2 aromatic carbocycles. The van der Waals surface area contributed by atoms with E-state index in [1.807, 2.05) is 6.92 Å². The molecule has 0 aliphatic heterocycles. The first kappa shape index (κ1) is 13.7. The van der Waals surface area contributed by atoms with Crippen molar-refractivity contribution in [1.82, 2.24) is 0 Å². The second-order valence-electron chi connectivity index (χ2n) is 4.12. The highest BCUT2D eigenvalue weighted by Gasteiger charge is 2.07. The van der Waals surface area contributed by atoms with Crippen LogP contribution in [-0.2, 0) is 0 Å². The molecule has 4 N–H and O–H groups in total. The van der Waals surface area contributed by atoms with Crippen LogP contribution < -0.4 is 20.9 Å². The van der Waals surface area contributed by atoms with Gasteiger partial charge in [0.25, 0.3) is 0 Å². The smallest absolute Gasteiger partial charge is 0.248 e. The van der Waals surface area contributed by atoms with Crippen molar-refractivity contribution >= 4 is 11.6 Å². The normalized spacial score (nSPS) is 10.1. The third-order valence-electron chi connectivity index (χ3n) is 2.66. The summed E-state index contributed by atoms with van der Waals surface area (Å²) < 4.78 is 11.0. The van der Waals surface area contributed by atoms with Gasteiger partial charge in [-0.2, -0.15) is 0 Å². The number of ether oxygens (including phenoxy) is 2. The number of hydrogen-bond acceptors (Lipinski definition) is 4. The Kier molecular flexibility index (Phi) is 4.10. The molecule has 2 rings (SSSR count). The number of rotatable bonds is 5. The second-order valence-corrected chi connectivity index (χ2v) is 4.12. The van der Waals surface area contributed by atoms with Crippen molar-refractivity contribution in [3.63, 3.8) is 0 Å². The van der Waals surface area contributed by atoms with Crippen molar-refractivity contribution in [3.05, 3.63) is 48.0 Å². The van der Waals surface area contributed by atoms with Crippen molar-refractivity contribution in [2.75, 3.05) is 12.3 Å². The minimum atomic E-state index is -0.526. The quantitative estimate of drug-likeness (QED) is 0.819. The number of amides is 1. The summed E-state index contributed by atoms with van der Waals surface area (Å²) in [6, 6.07) is 11.8. The average Bonchev–Trinajstić information content (AvgIpc) is 2.43. The highest BCUT2D eigenvalue weighted by atomic mass is 16.5. The minimum absolute atomic E-state index is 0.347. The summed E-state index contributed by atoms with van der Waals surface area (Å²) in [5.41, 5.74) is 11.8. The molecular weight excluding hydrogens is 256 g/mol. The van der Waals surface area contributed by atoms with E-state index >= 15 is 0 Å². The van der Waals surface area contributed by atoms with Crippen molar-refractivity contribution in [1.29, 1.82) is 0 Å². The Balaban J connectivity index is 2.20. The van der Waals surface area contributed by atoms with Crippen molar-refractivity contribution in [3.8, 4) is 17.2 Å². The number of benzene rings is 2. The SMILES string of the molecule is CCOc1ccc(Oc2cc(C(N)=O)ccc2N)cc1. The van der Waals surface area contributed by atoms with Gasteiger partial charge in [0.1, 0.15) is 11.5 Å². The number of nitrogen functional groups attached to an aromatic ring is 1. The predicted molar refractivity (Wildman–Crippen MR) is 77.1 cm³/mol. The summed E-state index contributed by atoms with van der Waals surface area (Å²) in [6.07, 6.45) is 0. The molecule has 0 spiro atoms. The van der Waals surface area contributed by atoms with Gasteiger partial charge >= 0.3 is 0 Å². The first-order valence-corrected chi connectivity index (χ1v) is 6.20. The summed E-state index contributed by atoms with van der Waals surface area (Å²) in [4.78, 5) is 11.1. The Bertz CT molecular complexity index is 609. The molecule has 0 saturated heterocycles. The van der Waals surface area contributed by atoms with Gasteiger partial charge in [0.2, 0.25) is 5.91 Å². The van der Waals surface area contributed by atoms with E-state index in [1.54, 1.807) is 36.4 Å². The van der Waals surface area contributed by atoms with Gasteiger partial charge in [-0.15, -0.1) is 0 Å². The first-order chi connectivity index (χ1) is 9.60. The van der Waals surface area contributed by atoms with Crippen molar-refractivity contribution in [2.24, 2.45) is 5.73 Å². The summed E-state index contributed by atoms with van der Waals surface area (Å²) in [5, 5.41) is 0. The molecule has 2 aromatic rings. The molecule has 20 heavy (non-hydrogen) atoms. The molecule has 0 bridgehead atoms. The molecule has 5 nitrogen and oxygen atoms in total. The van der Waals surface area contributed by atoms with Crippen molar-refractivity contribution < 1.29 is 14.3 Å². The molecule has 0 aromatic heterocycles. The van der Waals surface area contributed by atoms with Crippen LogP contribution in [0.4, 0.5) is 5.69 Å². The topological polar surface area (TPSA) is 87.6 Å². The third-order valence-corrected chi connectivity index (χ3v) is 2.66. The lowest BCUT2D eigenvalue weighted by molar-refractivity contribution is 0.1000. The number of hydrogen-bond donors (Lipinski definition) is 2. The van der Waals surface area contributed by atoms with E-state index in [0.717, 1.165) is 5.75 Å². The fourth-order valence-electron chi connectivity index (χ4n) is 1.67. The predicted octanol–water partition coefficient (Wildman–Crippen LogP) is 2.56. The lowest BCUT2D eigenvalue weighted by Crippen LogP contribution is -2.11.